The summed E-state index contributed by atoms with van der Waals surface area (Å²) in [4.78, 5) is 30.8. The summed E-state index contributed by atoms with van der Waals surface area (Å²) in [6.07, 6.45) is -5.35. The molecule has 0 spiro atoms. The topological polar surface area (TPSA) is 141 Å². The fourth-order valence-electron chi connectivity index (χ4n) is 3.27. The number of carbonyl (C=O) groups excluding carboxylic acids is 2. The Bertz CT molecular complexity index is 812. The number of rotatable bonds is 4. The minimum atomic E-state index is -1.46. The van der Waals surface area contributed by atoms with Crippen molar-refractivity contribution in [3.63, 3.8) is 0 Å². The predicted octanol–water partition coefficient (Wildman–Crippen LogP) is -1.36. The van der Waals surface area contributed by atoms with Crippen molar-refractivity contribution in [2.75, 3.05) is 18.6 Å². The van der Waals surface area contributed by atoms with E-state index in [4.69, 9.17) is 9.57 Å². The maximum Gasteiger partial charge on any atom is 0.280 e. The van der Waals surface area contributed by atoms with Crippen molar-refractivity contribution in [2.45, 2.75) is 44.5 Å². The summed E-state index contributed by atoms with van der Waals surface area (Å²) in [7, 11) is 1.61. The van der Waals surface area contributed by atoms with Crippen LogP contribution in [0.3, 0.4) is 0 Å². The second-order valence-electron chi connectivity index (χ2n) is 6.86. The normalized spacial score (nSPS) is 31.1. The number of nitrogens with zero attached hydrogens (tertiary/aromatic N) is 2. The van der Waals surface area contributed by atoms with E-state index in [1.165, 1.54) is 11.8 Å². The summed E-state index contributed by atoms with van der Waals surface area (Å²) in [5, 5.41) is 36.0. The summed E-state index contributed by atoms with van der Waals surface area (Å²) >= 11 is 0. The standard InChI is InChI=1S/C18H23N3O7/c1-8-4-5-11-10(6-8)13(17(26)21(11)3)20-28-18-14(19-9(2)23)16(25)15(24)12(7-22)27-18/h4-6,12,14-16,18,22,24-25H,7H2,1-3H3,(H,19,23)/b20-13-/t12-,14+,15+,16-,18+/m0/s1. The number of fused-ring (bicyclic) bond motifs is 1. The number of anilines is 1. The average Bonchev–Trinajstić information content (AvgIpc) is 2.88. The molecule has 1 aromatic rings. The molecule has 0 bridgehead atoms. The molecule has 0 aromatic heterocycles. The quantitative estimate of drug-likeness (QED) is 0.463. The first-order valence-corrected chi connectivity index (χ1v) is 8.77. The number of hydrogen-bond acceptors (Lipinski definition) is 8. The smallest absolute Gasteiger partial charge is 0.280 e. The van der Waals surface area contributed by atoms with Gasteiger partial charge >= 0.3 is 0 Å². The highest BCUT2D eigenvalue weighted by Crippen LogP contribution is 2.30. The third-order valence-corrected chi connectivity index (χ3v) is 4.77. The minimum Gasteiger partial charge on any atom is -0.394 e. The number of aryl methyl sites for hydroxylation is 1. The predicted molar refractivity (Wildman–Crippen MR) is 97.6 cm³/mol. The first-order chi connectivity index (χ1) is 13.2. The van der Waals surface area contributed by atoms with Crippen LogP contribution in [0, 0.1) is 6.92 Å². The van der Waals surface area contributed by atoms with Crippen molar-refractivity contribution < 1.29 is 34.5 Å². The Kier molecular flexibility index (Phi) is 5.66. The van der Waals surface area contributed by atoms with Gasteiger partial charge < -0.3 is 35.1 Å². The molecule has 2 heterocycles. The zero-order chi connectivity index (χ0) is 20.6. The van der Waals surface area contributed by atoms with Gasteiger partial charge in [0.05, 0.1) is 12.3 Å². The Morgan fingerprint density at radius 2 is 2.07 bits per heavy atom. The minimum absolute atomic E-state index is 0.0486. The van der Waals surface area contributed by atoms with Crippen LogP contribution in [0.1, 0.15) is 18.1 Å². The Balaban J connectivity index is 1.89. The van der Waals surface area contributed by atoms with E-state index < -0.39 is 43.2 Å². The Morgan fingerprint density at radius 3 is 2.71 bits per heavy atom. The molecule has 5 atom stereocenters. The first-order valence-electron chi connectivity index (χ1n) is 8.77. The number of benzene rings is 1. The second kappa shape index (κ2) is 7.84. The van der Waals surface area contributed by atoms with Crippen LogP contribution in [0.4, 0.5) is 5.69 Å². The number of oxime groups is 1. The zero-order valence-electron chi connectivity index (χ0n) is 15.7. The molecule has 0 radical (unpaired) electrons. The molecule has 1 fully saturated rings. The zero-order valence-corrected chi connectivity index (χ0v) is 15.7. The molecular formula is C18H23N3O7. The van der Waals surface area contributed by atoms with Gasteiger partial charge in [0.2, 0.25) is 12.2 Å². The number of amides is 2. The lowest BCUT2D eigenvalue weighted by molar-refractivity contribution is -0.270. The Hall–Kier alpha value is -2.53. The monoisotopic (exact) mass is 393 g/mol. The van der Waals surface area contributed by atoms with Gasteiger partial charge in [0.25, 0.3) is 5.91 Å². The number of ether oxygens (including phenoxy) is 1. The van der Waals surface area contributed by atoms with E-state index in [-0.39, 0.29) is 11.6 Å². The molecule has 10 nitrogen and oxygen atoms in total. The molecule has 0 aliphatic carbocycles. The number of aliphatic hydroxyl groups is 3. The van der Waals surface area contributed by atoms with E-state index in [0.717, 1.165) is 5.56 Å². The van der Waals surface area contributed by atoms with Crippen molar-refractivity contribution in [1.82, 2.24) is 5.32 Å². The second-order valence-corrected chi connectivity index (χ2v) is 6.86. The molecule has 1 aromatic carbocycles. The lowest BCUT2D eigenvalue weighted by Crippen LogP contribution is -2.64. The van der Waals surface area contributed by atoms with E-state index in [1.54, 1.807) is 19.2 Å². The lowest BCUT2D eigenvalue weighted by atomic mass is 9.97. The molecule has 0 unspecified atom stereocenters. The van der Waals surface area contributed by atoms with Crippen molar-refractivity contribution in [1.29, 1.82) is 0 Å². The van der Waals surface area contributed by atoms with E-state index in [2.05, 4.69) is 10.5 Å². The molecule has 1 saturated heterocycles. The van der Waals surface area contributed by atoms with E-state index in [0.29, 0.717) is 11.3 Å². The van der Waals surface area contributed by atoms with E-state index in [9.17, 15) is 24.9 Å². The maximum absolute atomic E-state index is 12.5. The molecule has 0 saturated carbocycles. The van der Waals surface area contributed by atoms with Gasteiger partial charge in [-0.05, 0) is 19.1 Å². The van der Waals surface area contributed by atoms with E-state index in [1.807, 2.05) is 13.0 Å². The number of likely N-dealkylation sites (N-methyl/N-ethyl adjacent to an activating group) is 1. The SMILES string of the molecule is CC(=O)N[C@H]1[C@@H](O/N=C2\C(=O)N(C)c3ccc(C)cc32)O[C@@H](CO)[C@@H](O)[C@H]1O. The van der Waals surface area contributed by atoms with Gasteiger partial charge in [-0.1, -0.05) is 16.8 Å². The highest BCUT2D eigenvalue weighted by Gasteiger charge is 2.46. The summed E-state index contributed by atoms with van der Waals surface area (Å²) < 4.78 is 5.44. The molecule has 2 aliphatic heterocycles. The van der Waals surface area contributed by atoms with Gasteiger partial charge in [-0.2, -0.15) is 0 Å². The van der Waals surface area contributed by atoms with Crippen LogP contribution in [0.15, 0.2) is 23.4 Å². The van der Waals surface area contributed by atoms with Crippen molar-refractivity contribution >= 4 is 23.2 Å². The van der Waals surface area contributed by atoms with Crippen LogP contribution in [-0.2, 0) is 19.2 Å². The number of hydrogen-bond donors (Lipinski definition) is 4. The summed E-state index contributed by atoms with van der Waals surface area (Å²) in [5.41, 5.74) is 2.23. The first kappa shape index (κ1) is 20.2. The molecule has 2 aliphatic rings. The van der Waals surface area contributed by atoms with Gasteiger partial charge in [0, 0.05) is 19.5 Å². The lowest BCUT2D eigenvalue weighted by Gasteiger charge is -2.40. The molecule has 2 amide bonds. The maximum atomic E-state index is 12.5. The highest BCUT2D eigenvalue weighted by molar-refractivity contribution is 6.54. The Labute approximate surface area is 161 Å². The molecule has 152 valence electrons. The van der Waals surface area contributed by atoms with Crippen LogP contribution in [0.5, 0.6) is 0 Å². The highest BCUT2D eigenvalue weighted by atomic mass is 16.8. The van der Waals surface area contributed by atoms with Crippen molar-refractivity contribution in [3.8, 4) is 0 Å². The summed E-state index contributed by atoms with van der Waals surface area (Å²) in [6, 6.07) is 4.31. The fourth-order valence-corrected chi connectivity index (χ4v) is 3.27. The van der Waals surface area contributed by atoms with Gasteiger partial charge in [0.1, 0.15) is 24.4 Å². The van der Waals surface area contributed by atoms with Crippen molar-refractivity contribution in [3.05, 3.63) is 29.3 Å². The average molecular weight is 393 g/mol. The third kappa shape index (κ3) is 3.59. The largest absolute Gasteiger partial charge is 0.394 e. The fraction of sp³-hybridized carbons (Fsp3) is 0.500. The van der Waals surface area contributed by atoms with Gasteiger partial charge in [-0.3, -0.25) is 9.59 Å². The van der Waals surface area contributed by atoms with Crippen molar-refractivity contribution in [2.24, 2.45) is 5.16 Å². The summed E-state index contributed by atoms with van der Waals surface area (Å²) in [6.45, 7) is 2.53. The van der Waals surface area contributed by atoms with Crippen LogP contribution >= 0.6 is 0 Å². The summed E-state index contributed by atoms with van der Waals surface area (Å²) in [5.74, 6) is -0.868. The van der Waals surface area contributed by atoms with E-state index >= 15 is 0 Å². The van der Waals surface area contributed by atoms with Crippen LogP contribution < -0.4 is 10.2 Å². The van der Waals surface area contributed by atoms with Gasteiger partial charge in [0.15, 0.2) is 5.71 Å². The molecule has 10 heteroatoms. The van der Waals surface area contributed by atoms with Gasteiger partial charge in [-0.15, -0.1) is 0 Å². The molecular weight excluding hydrogens is 370 g/mol. The molecule has 4 N–H and O–H groups in total. The Morgan fingerprint density at radius 1 is 1.36 bits per heavy atom. The number of aliphatic hydroxyl groups excluding tert-OH is 3. The van der Waals surface area contributed by atoms with Crippen LogP contribution in [-0.4, -0.2) is 77.1 Å². The van der Waals surface area contributed by atoms with Crippen LogP contribution in [0.25, 0.3) is 0 Å². The molecule has 3 rings (SSSR count). The molecule has 28 heavy (non-hydrogen) atoms. The number of carbonyl (C=O) groups is 2. The van der Waals surface area contributed by atoms with Crippen LogP contribution in [0.2, 0.25) is 0 Å². The third-order valence-electron chi connectivity index (χ3n) is 4.77. The van der Waals surface area contributed by atoms with Gasteiger partial charge in [-0.25, -0.2) is 0 Å². The number of nitrogens with one attached hydrogen (secondary N) is 1.